The second-order valence-electron chi connectivity index (χ2n) is 10.7. The summed E-state index contributed by atoms with van der Waals surface area (Å²) in [5.74, 6) is -1.20. The van der Waals surface area contributed by atoms with Crippen LogP contribution in [0, 0.1) is 6.92 Å². The SMILES string of the molecule is CCOC(=O)c1nn(-c2ccccc2)cc1-c1nnc(-c2cn(-c3ccccc3)nc2C(=O)OCC)c2c(C)n(-c3ccccc3)nc12. The average Bonchev–Trinajstić information content (AvgIpc) is 3.86. The predicted octanol–water partition coefficient (Wildman–Crippen LogP) is 6.18. The first kappa shape index (κ1) is 30.2. The van der Waals surface area contributed by atoms with E-state index in [1.165, 1.54) is 0 Å². The van der Waals surface area contributed by atoms with Crippen molar-refractivity contribution in [3.05, 3.63) is 120 Å². The van der Waals surface area contributed by atoms with E-state index in [0.29, 0.717) is 33.4 Å². The summed E-state index contributed by atoms with van der Waals surface area (Å²) < 4.78 is 15.8. The molecule has 4 heterocycles. The van der Waals surface area contributed by atoms with Crippen LogP contribution in [0.25, 0.3) is 50.5 Å². The summed E-state index contributed by atoms with van der Waals surface area (Å²) in [6.07, 6.45) is 3.46. The first-order valence-corrected chi connectivity index (χ1v) is 15.4. The van der Waals surface area contributed by atoms with Gasteiger partial charge in [-0.15, -0.1) is 10.2 Å². The fourth-order valence-corrected chi connectivity index (χ4v) is 5.56. The molecule has 48 heavy (non-hydrogen) atoms. The molecule has 0 saturated heterocycles. The monoisotopic (exact) mass is 638 g/mol. The summed E-state index contributed by atoms with van der Waals surface area (Å²) >= 11 is 0. The highest BCUT2D eigenvalue weighted by Crippen LogP contribution is 2.37. The Bertz CT molecular complexity index is 2260. The van der Waals surface area contributed by atoms with Crippen LogP contribution in [0.5, 0.6) is 0 Å². The van der Waals surface area contributed by atoms with E-state index in [0.717, 1.165) is 22.8 Å². The van der Waals surface area contributed by atoms with Crippen LogP contribution in [0.15, 0.2) is 103 Å². The molecule has 0 radical (unpaired) electrons. The topological polar surface area (TPSA) is 132 Å². The number of aryl methyl sites for hydroxylation is 1. The van der Waals surface area contributed by atoms with E-state index in [4.69, 9.17) is 19.7 Å². The molecule has 12 heteroatoms. The Morgan fingerprint density at radius 1 is 0.604 bits per heavy atom. The number of fused-ring (bicyclic) bond motifs is 1. The molecule has 7 aromatic rings. The van der Waals surface area contributed by atoms with Gasteiger partial charge in [-0.05, 0) is 57.2 Å². The predicted molar refractivity (Wildman–Crippen MR) is 178 cm³/mol. The van der Waals surface area contributed by atoms with Crippen molar-refractivity contribution in [2.24, 2.45) is 0 Å². The molecule has 0 spiro atoms. The Hall–Kier alpha value is -6.43. The van der Waals surface area contributed by atoms with Crippen molar-refractivity contribution in [2.45, 2.75) is 20.8 Å². The van der Waals surface area contributed by atoms with Crippen molar-refractivity contribution >= 4 is 22.8 Å². The standard InChI is InChI=1S/C36H30N8O4/c1-4-47-35(45)32-27(21-42(39-32)24-15-9-6-10-16-24)30-29-23(3)44(26-19-13-8-14-20-26)41-34(29)31(38-37-30)28-22-43(25-17-11-7-12-18-25)40-33(28)36(46)48-5-2/h6-22H,4-5H2,1-3H3. The third-order valence-electron chi connectivity index (χ3n) is 7.75. The molecule has 3 aromatic carbocycles. The van der Waals surface area contributed by atoms with E-state index in [-0.39, 0.29) is 24.6 Å². The molecule has 238 valence electrons. The van der Waals surface area contributed by atoms with E-state index in [9.17, 15) is 9.59 Å². The second kappa shape index (κ2) is 12.8. The lowest BCUT2D eigenvalue weighted by Crippen LogP contribution is -2.09. The zero-order valence-electron chi connectivity index (χ0n) is 26.4. The van der Waals surface area contributed by atoms with Gasteiger partial charge in [0.05, 0.1) is 52.5 Å². The minimum Gasteiger partial charge on any atom is -0.461 e. The Balaban J connectivity index is 1.51. The number of para-hydroxylation sites is 3. The zero-order chi connectivity index (χ0) is 33.2. The lowest BCUT2D eigenvalue weighted by atomic mass is 10.0. The number of benzene rings is 3. The normalized spacial score (nSPS) is 11.1. The quantitative estimate of drug-likeness (QED) is 0.170. The maximum atomic E-state index is 13.3. The Kier molecular flexibility index (Phi) is 8.03. The summed E-state index contributed by atoms with van der Waals surface area (Å²) in [4.78, 5) is 26.6. The minimum absolute atomic E-state index is 0.0695. The molecule has 0 atom stereocenters. The van der Waals surface area contributed by atoms with Gasteiger partial charge in [0, 0.05) is 12.4 Å². The van der Waals surface area contributed by atoms with Gasteiger partial charge < -0.3 is 9.47 Å². The van der Waals surface area contributed by atoms with Crippen LogP contribution >= 0.6 is 0 Å². The zero-order valence-corrected chi connectivity index (χ0v) is 26.4. The molecule has 0 saturated carbocycles. The molecule has 0 aliphatic carbocycles. The summed E-state index contributed by atoms with van der Waals surface area (Å²) in [6.45, 7) is 5.73. The van der Waals surface area contributed by atoms with Crippen LogP contribution in [-0.2, 0) is 9.47 Å². The molecule has 0 amide bonds. The maximum absolute atomic E-state index is 13.3. The van der Waals surface area contributed by atoms with Gasteiger partial charge in [0.25, 0.3) is 0 Å². The lowest BCUT2D eigenvalue weighted by Gasteiger charge is -2.07. The second-order valence-corrected chi connectivity index (χ2v) is 10.7. The van der Waals surface area contributed by atoms with Crippen molar-refractivity contribution < 1.29 is 19.1 Å². The fraction of sp³-hybridized carbons (Fsp3) is 0.139. The van der Waals surface area contributed by atoms with Crippen LogP contribution in [0.1, 0.15) is 40.5 Å². The molecule has 0 unspecified atom stereocenters. The van der Waals surface area contributed by atoms with Crippen LogP contribution in [0.4, 0.5) is 0 Å². The summed E-state index contributed by atoms with van der Waals surface area (Å²) in [6, 6.07) is 28.5. The van der Waals surface area contributed by atoms with Gasteiger partial charge in [-0.1, -0.05) is 54.6 Å². The number of hydrogen-bond donors (Lipinski definition) is 0. The maximum Gasteiger partial charge on any atom is 0.359 e. The summed E-state index contributed by atoms with van der Waals surface area (Å²) in [7, 11) is 0. The van der Waals surface area contributed by atoms with Gasteiger partial charge in [-0.3, -0.25) is 0 Å². The molecular formula is C36H30N8O4. The van der Waals surface area contributed by atoms with Gasteiger partial charge >= 0.3 is 11.9 Å². The smallest absolute Gasteiger partial charge is 0.359 e. The van der Waals surface area contributed by atoms with E-state index in [1.54, 1.807) is 40.3 Å². The number of carbonyl (C=O) groups is 2. The number of hydrogen-bond acceptors (Lipinski definition) is 9. The molecule has 12 nitrogen and oxygen atoms in total. The van der Waals surface area contributed by atoms with Crippen molar-refractivity contribution in [1.29, 1.82) is 0 Å². The van der Waals surface area contributed by atoms with Crippen molar-refractivity contribution in [1.82, 2.24) is 39.5 Å². The molecule has 0 N–H and O–H groups in total. The molecule has 0 aliphatic rings. The Morgan fingerprint density at radius 2 is 1.04 bits per heavy atom. The summed E-state index contributed by atoms with van der Waals surface area (Å²) in [5.41, 5.74) is 5.15. The first-order valence-electron chi connectivity index (χ1n) is 15.4. The van der Waals surface area contributed by atoms with Gasteiger partial charge in [0.1, 0.15) is 16.9 Å². The number of esters is 2. The van der Waals surface area contributed by atoms with E-state index in [1.807, 2.05) is 97.9 Å². The summed E-state index contributed by atoms with van der Waals surface area (Å²) in [5, 5.41) is 24.3. The largest absolute Gasteiger partial charge is 0.461 e. The van der Waals surface area contributed by atoms with Crippen molar-refractivity contribution in [3.63, 3.8) is 0 Å². The number of rotatable bonds is 9. The first-order chi connectivity index (χ1) is 23.5. The average molecular weight is 639 g/mol. The fourth-order valence-electron chi connectivity index (χ4n) is 5.56. The van der Waals surface area contributed by atoms with E-state index in [2.05, 4.69) is 15.3 Å². The van der Waals surface area contributed by atoms with Crippen molar-refractivity contribution in [3.8, 4) is 39.6 Å². The highest BCUT2D eigenvalue weighted by Gasteiger charge is 2.30. The van der Waals surface area contributed by atoms with Gasteiger partial charge in [-0.2, -0.15) is 15.3 Å². The van der Waals surface area contributed by atoms with Crippen LogP contribution < -0.4 is 0 Å². The third kappa shape index (κ3) is 5.38. The Morgan fingerprint density at radius 3 is 1.52 bits per heavy atom. The van der Waals surface area contributed by atoms with Crippen molar-refractivity contribution in [2.75, 3.05) is 13.2 Å². The van der Waals surface area contributed by atoms with Gasteiger partial charge in [-0.25, -0.2) is 23.6 Å². The molecule has 0 aliphatic heterocycles. The van der Waals surface area contributed by atoms with E-state index >= 15 is 0 Å². The number of ether oxygens (including phenoxy) is 2. The number of aromatic nitrogens is 8. The van der Waals surface area contributed by atoms with Gasteiger partial charge in [0.15, 0.2) is 11.4 Å². The molecule has 0 fully saturated rings. The van der Waals surface area contributed by atoms with Gasteiger partial charge in [0.2, 0.25) is 0 Å². The highest BCUT2D eigenvalue weighted by atomic mass is 16.5. The number of nitrogens with zero attached hydrogens (tertiary/aromatic N) is 8. The van der Waals surface area contributed by atoms with Crippen LogP contribution in [0.3, 0.4) is 0 Å². The minimum atomic E-state index is -0.603. The Labute approximate surface area is 275 Å². The lowest BCUT2D eigenvalue weighted by molar-refractivity contribution is 0.0510. The molecule has 4 aromatic heterocycles. The van der Waals surface area contributed by atoms with Crippen LogP contribution in [0.2, 0.25) is 0 Å². The number of carbonyl (C=O) groups excluding carboxylic acids is 2. The van der Waals surface area contributed by atoms with E-state index < -0.39 is 11.9 Å². The molecule has 7 rings (SSSR count). The third-order valence-corrected chi connectivity index (χ3v) is 7.75. The highest BCUT2D eigenvalue weighted by molar-refractivity contribution is 6.07. The van der Waals surface area contributed by atoms with Crippen LogP contribution in [-0.4, -0.2) is 64.7 Å². The molecule has 0 bridgehead atoms. The molecular weight excluding hydrogens is 608 g/mol.